The summed E-state index contributed by atoms with van der Waals surface area (Å²) >= 11 is 0.409. The van der Waals surface area contributed by atoms with Gasteiger partial charge < -0.3 is 10.6 Å². The third-order valence-corrected chi connectivity index (χ3v) is 2.63. The molecule has 0 aliphatic carbocycles. The first-order valence-corrected chi connectivity index (χ1v) is 6.29. The van der Waals surface area contributed by atoms with Crippen molar-refractivity contribution in [1.82, 2.24) is 5.32 Å². The summed E-state index contributed by atoms with van der Waals surface area (Å²) in [5.74, 6) is -2.52. The lowest BCUT2D eigenvalue weighted by Crippen LogP contribution is -2.43. The highest BCUT2D eigenvalue weighted by Crippen LogP contribution is 2.31. The van der Waals surface area contributed by atoms with E-state index in [0.29, 0.717) is 22.3 Å². The number of benzene rings is 1. The summed E-state index contributed by atoms with van der Waals surface area (Å²) in [5, 5.41) is 5.27. The van der Waals surface area contributed by atoms with Gasteiger partial charge in [0.05, 0.1) is 5.69 Å². The van der Waals surface area contributed by atoms with Crippen molar-refractivity contribution in [2.45, 2.75) is 37.0 Å². The number of alkyl halides is 2. The SMILES string of the molecule is CC(C)(C)NC(=O)Nc1ccccc1SC(F)F. The summed E-state index contributed by atoms with van der Waals surface area (Å²) < 4.78 is 24.7. The highest BCUT2D eigenvalue weighted by atomic mass is 32.2. The Morgan fingerprint density at radius 2 is 1.89 bits per heavy atom. The summed E-state index contributed by atoms with van der Waals surface area (Å²) in [6.07, 6.45) is 0. The number of para-hydroxylation sites is 1. The molecule has 2 amide bonds. The lowest BCUT2D eigenvalue weighted by molar-refractivity contribution is 0.243. The van der Waals surface area contributed by atoms with Crippen molar-refractivity contribution in [2.24, 2.45) is 0 Å². The van der Waals surface area contributed by atoms with Gasteiger partial charge in [0, 0.05) is 10.4 Å². The van der Waals surface area contributed by atoms with E-state index in [9.17, 15) is 13.6 Å². The molecular formula is C12H16F2N2OS. The zero-order valence-corrected chi connectivity index (χ0v) is 11.3. The van der Waals surface area contributed by atoms with Crippen LogP contribution < -0.4 is 10.6 Å². The maximum absolute atomic E-state index is 12.3. The van der Waals surface area contributed by atoms with Gasteiger partial charge in [-0.3, -0.25) is 0 Å². The van der Waals surface area contributed by atoms with E-state index in [1.807, 2.05) is 20.8 Å². The number of rotatable bonds is 3. The molecule has 1 aromatic carbocycles. The molecule has 0 heterocycles. The van der Waals surface area contributed by atoms with E-state index in [2.05, 4.69) is 10.6 Å². The van der Waals surface area contributed by atoms with Crippen molar-refractivity contribution >= 4 is 23.5 Å². The highest BCUT2D eigenvalue weighted by molar-refractivity contribution is 7.99. The van der Waals surface area contributed by atoms with E-state index in [0.717, 1.165) is 0 Å². The molecule has 0 saturated heterocycles. The molecule has 0 atom stereocenters. The minimum Gasteiger partial charge on any atom is -0.333 e. The van der Waals surface area contributed by atoms with E-state index >= 15 is 0 Å². The Kier molecular flexibility index (Phi) is 4.95. The molecule has 0 aliphatic heterocycles. The third kappa shape index (κ3) is 5.35. The number of carbonyl (C=O) groups excluding carboxylic acids is 1. The molecule has 2 N–H and O–H groups in total. The van der Waals surface area contributed by atoms with E-state index in [1.54, 1.807) is 24.3 Å². The fraction of sp³-hybridized carbons (Fsp3) is 0.417. The molecule has 3 nitrogen and oxygen atoms in total. The Morgan fingerprint density at radius 3 is 2.44 bits per heavy atom. The van der Waals surface area contributed by atoms with Crippen LogP contribution in [-0.2, 0) is 0 Å². The molecule has 0 spiro atoms. The molecule has 0 saturated carbocycles. The summed E-state index contributed by atoms with van der Waals surface area (Å²) in [7, 11) is 0. The second kappa shape index (κ2) is 6.04. The maximum Gasteiger partial charge on any atom is 0.319 e. The number of hydrogen-bond donors (Lipinski definition) is 2. The fourth-order valence-corrected chi connectivity index (χ4v) is 1.86. The minimum atomic E-state index is -2.52. The van der Waals surface area contributed by atoms with Gasteiger partial charge in [-0.1, -0.05) is 23.9 Å². The number of nitrogens with one attached hydrogen (secondary N) is 2. The van der Waals surface area contributed by atoms with E-state index in [-0.39, 0.29) is 5.54 Å². The summed E-state index contributed by atoms with van der Waals surface area (Å²) in [6, 6.07) is 6.06. The van der Waals surface area contributed by atoms with E-state index in [4.69, 9.17) is 0 Å². The van der Waals surface area contributed by atoms with Gasteiger partial charge in [0.1, 0.15) is 0 Å². The monoisotopic (exact) mass is 274 g/mol. The molecule has 0 radical (unpaired) electrons. The van der Waals surface area contributed by atoms with Gasteiger partial charge in [0.15, 0.2) is 0 Å². The van der Waals surface area contributed by atoms with Gasteiger partial charge in [0.25, 0.3) is 5.76 Å². The van der Waals surface area contributed by atoms with Gasteiger partial charge in [0.2, 0.25) is 0 Å². The molecule has 0 unspecified atom stereocenters. The molecule has 18 heavy (non-hydrogen) atoms. The first kappa shape index (κ1) is 14.8. The van der Waals surface area contributed by atoms with Crippen LogP contribution in [0.25, 0.3) is 0 Å². The van der Waals surface area contributed by atoms with Gasteiger partial charge in [-0.2, -0.15) is 8.78 Å². The van der Waals surface area contributed by atoms with Crippen LogP contribution >= 0.6 is 11.8 Å². The molecule has 100 valence electrons. The van der Waals surface area contributed by atoms with Gasteiger partial charge in [-0.15, -0.1) is 0 Å². The Balaban J connectivity index is 2.75. The Morgan fingerprint density at radius 1 is 1.28 bits per heavy atom. The highest BCUT2D eigenvalue weighted by Gasteiger charge is 2.15. The number of amides is 2. The van der Waals surface area contributed by atoms with Crippen LogP contribution in [0.3, 0.4) is 0 Å². The summed E-state index contributed by atoms with van der Waals surface area (Å²) in [6.45, 7) is 5.52. The molecule has 6 heteroatoms. The normalized spacial score (nSPS) is 11.4. The smallest absolute Gasteiger partial charge is 0.319 e. The zero-order chi connectivity index (χ0) is 13.8. The quantitative estimate of drug-likeness (QED) is 0.820. The van der Waals surface area contributed by atoms with E-state index < -0.39 is 11.8 Å². The zero-order valence-electron chi connectivity index (χ0n) is 10.5. The predicted octanol–water partition coefficient (Wildman–Crippen LogP) is 3.92. The van der Waals surface area contributed by atoms with Crippen molar-refractivity contribution in [3.63, 3.8) is 0 Å². The van der Waals surface area contributed by atoms with Crippen molar-refractivity contribution in [1.29, 1.82) is 0 Å². The third-order valence-electron chi connectivity index (χ3n) is 1.84. The Bertz CT molecular complexity index is 419. The van der Waals surface area contributed by atoms with Crippen molar-refractivity contribution in [2.75, 3.05) is 5.32 Å². The Hall–Kier alpha value is -1.30. The molecule has 1 aromatic rings. The van der Waals surface area contributed by atoms with Gasteiger partial charge in [-0.25, -0.2) is 4.79 Å². The van der Waals surface area contributed by atoms with Crippen molar-refractivity contribution in [3.05, 3.63) is 24.3 Å². The van der Waals surface area contributed by atoms with Gasteiger partial charge in [-0.05, 0) is 32.9 Å². The van der Waals surface area contributed by atoms with Crippen LogP contribution in [0.5, 0.6) is 0 Å². The lowest BCUT2D eigenvalue weighted by Gasteiger charge is -2.21. The number of hydrogen-bond acceptors (Lipinski definition) is 2. The van der Waals surface area contributed by atoms with Crippen LogP contribution in [-0.4, -0.2) is 17.3 Å². The van der Waals surface area contributed by atoms with Crippen LogP contribution in [0, 0.1) is 0 Å². The number of anilines is 1. The van der Waals surface area contributed by atoms with Crippen LogP contribution in [0.15, 0.2) is 29.2 Å². The van der Waals surface area contributed by atoms with Crippen LogP contribution in [0.1, 0.15) is 20.8 Å². The lowest BCUT2D eigenvalue weighted by atomic mass is 10.1. The average molecular weight is 274 g/mol. The van der Waals surface area contributed by atoms with Crippen LogP contribution in [0.4, 0.5) is 19.3 Å². The molecular weight excluding hydrogens is 258 g/mol. The van der Waals surface area contributed by atoms with Crippen molar-refractivity contribution < 1.29 is 13.6 Å². The average Bonchev–Trinajstić information content (AvgIpc) is 2.17. The molecule has 0 aliphatic rings. The first-order valence-electron chi connectivity index (χ1n) is 5.41. The summed E-state index contributed by atoms with van der Waals surface area (Å²) in [5.41, 5.74) is -0.000862. The number of carbonyl (C=O) groups is 1. The fourth-order valence-electron chi connectivity index (χ4n) is 1.26. The number of halogens is 2. The number of urea groups is 1. The molecule has 0 fully saturated rings. The minimum absolute atomic E-state index is 0.344. The second-order valence-corrected chi connectivity index (χ2v) is 5.74. The largest absolute Gasteiger partial charge is 0.333 e. The van der Waals surface area contributed by atoms with Crippen molar-refractivity contribution in [3.8, 4) is 0 Å². The van der Waals surface area contributed by atoms with Gasteiger partial charge >= 0.3 is 6.03 Å². The Labute approximate surface area is 109 Å². The van der Waals surface area contributed by atoms with Crippen LogP contribution in [0.2, 0.25) is 0 Å². The summed E-state index contributed by atoms with van der Waals surface area (Å²) in [4.78, 5) is 12.0. The standard InChI is InChI=1S/C12H16F2N2OS/c1-12(2,3)16-11(17)15-8-6-4-5-7-9(8)18-10(13)14/h4-7,10H,1-3H3,(H2,15,16,17). The molecule has 0 bridgehead atoms. The predicted molar refractivity (Wildman–Crippen MR) is 70.2 cm³/mol. The number of thioether (sulfide) groups is 1. The van der Waals surface area contributed by atoms with E-state index in [1.165, 1.54) is 0 Å². The maximum atomic E-state index is 12.3. The second-order valence-electron chi connectivity index (χ2n) is 4.70. The molecule has 1 rings (SSSR count). The molecule has 0 aromatic heterocycles. The topological polar surface area (TPSA) is 41.1 Å². The first-order chi connectivity index (χ1) is 8.28.